The molecule has 0 radical (unpaired) electrons. The van der Waals surface area contributed by atoms with Crippen LogP contribution < -0.4 is 10.2 Å². The molecule has 0 saturated heterocycles. The molecular weight excluding hydrogens is 296 g/mol. The smallest absolute Gasteiger partial charge is 0.277 e. The van der Waals surface area contributed by atoms with Crippen LogP contribution in [0.4, 0.5) is 0 Å². The molecule has 0 fully saturated rings. The van der Waals surface area contributed by atoms with E-state index < -0.39 is 0 Å². The lowest BCUT2D eigenvalue weighted by atomic mass is 10.1. The monoisotopic (exact) mass is 316 g/mol. The highest BCUT2D eigenvalue weighted by Gasteiger charge is 2.08. The lowest BCUT2D eigenvalue weighted by Gasteiger charge is -2.13. The standard InChI is InChI=1S/C17H20N2O2S/c1-11-5-6-13(3)17(14(11)4)21-10-16(20)19-18-9-15-12(2)7-8-22-15/h5-9H,10H2,1-4H3,(H,19,20)/b18-9+. The molecule has 5 heteroatoms. The number of amides is 1. The van der Waals surface area contributed by atoms with E-state index in [2.05, 4.69) is 10.5 Å². The lowest BCUT2D eigenvalue weighted by Crippen LogP contribution is -2.25. The summed E-state index contributed by atoms with van der Waals surface area (Å²) in [6.07, 6.45) is 1.65. The van der Waals surface area contributed by atoms with Crippen molar-refractivity contribution in [2.75, 3.05) is 6.61 Å². The van der Waals surface area contributed by atoms with Crippen LogP contribution in [0.25, 0.3) is 0 Å². The third kappa shape index (κ3) is 3.95. The Labute approximate surface area is 134 Å². The minimum absolute atomic E-state index is 0.0497. The van der Waals surface area contributed by atoms with E-state index in [1.807, 2.05) is 51.3 Å². The molecule has 2 aromatic rings. The molecule has 0 spiro atoms. The summed E-state index contributed by atoms with van der Waals surface area (Å²) < 4.78 is 5.64. The second-order valence-corrected chi connectivity index (χ2v) is 6.15. The molecule has 1 N–H and O–H groups in total. The number of benzene rings is 1. The van der Waals surface area contributed by atoms with Crippen molar-refractivity contribution in [1.82, 2.24) is 5.43 Å². The van der Waals surface area contributed by atoms with Crippen LogP contribution in [0.15, 0.2) is 28.7 Å². The van der Waals surface area contributed by atoms with E-state index in [1.54, 1.807) is 17.6 Å². The van der Waals surface area contributed by atoms with Gasteiger partial charge in [0.25, 0.3) is 5.91 Å². The highest BCUT2D eigenvalue weighted by molar-refractivity contribution is 7.11. The molecule has 1 aromatic carbocycles. The number of nitrogens with one attached hydrogen (secondary N) is 1. The average Bonchev–Trinajstić information content (AvgIpc) is 2.89. The third-order valence-corrected chi connectivity index (χ3v) is 4.45. The fraction of sp³-hybridized carbons (Fsp3) is 0.294. The van der Waals surface area contributed by atoms with Crippen molar-refractivity contribution < 1.29 is 9.53 Å². The van der Waals surface area contributed by atoms with Crippen molar-refractivity contribution in [3.05, 3.63) is 50.7 Å². The molecule has 0 aliphatic carbocycles. The van der Waals surface area contributed by atoms with Crippen molar-refractivity contribution >= 4 is 23.5 Å². The van der Waals surface area contributed by atoms with Crippen LogP contribution in [0.5, 0.6) is 5.75 Å². The van der Waals surface area contributed by atoms with Gasteiger partial charge in [-0.1, -0.05) is 12.1 Å². The zero-order chi connectivity index (χ0) is 16.1. The summed E-state index contributed by atoms with van der Waals surface area (Å²) in [5, 5.41) is 5.95. The van der Waals surface area contributed by atoms with E-state index in [0.717, 1.165) is 32.9 Å². The Kier molecular flexibility index (Phi) is 5.33. The number of hydrogen-bond donors (Lipinski definition) is 1. The van der Waals surface area contributed by atoms with E-state index in [4.69, 9.17) is 4.74 Å². The second-order valence-electron chi connectivity index (χ2n) is 5.20. The predicted octanol–water partition coefficient (Wildman–Crippen LogP) is 3.51. The van der Waals surface area contributed by atoms with Gasteiger partial charge in [0.2, 0.25) is 0 Å². The number of hydrazone groups is 1. The van der Waals surface area contributed by atoms with Gasteiger partial charge in [-0.3, -0.25) is 4.79 Å². The Bertz CT molecular complexity index is 705. The predicted molar refractivity (Wildman–Crippen MR) is 90.9 cm³/mol. The lowest BCUT2D eigenvalue weighted by molar-refractivity contribution is -0.123. The topological polar surface area (TPSA) is 50.7 Å². The van der Waals surface area contributed by atoms with Crippen molar-refractivity contribution in [3.63, 3.8) is 0 Å². The molecule has 1 aromatic heterocycles. The molecule has 1 amide bonds. The highest BCUT2D eigenvalue weighted by Crippen LogP contribution is 2.25. The molecule has 4 nitrogen and oxygen atoms in total. The Morgan fingerprint density at radius 2 is 1.91 bits per heavy atom. The quantitative estimate of drug-likeness (QED) is 0.678. The molecule has 0 bridgehead atoms. The largest absolute Gasteiger partial charge is 0.483 e. The van der Waals surface area contributed by atoms with Crippen LogP contribution >= 0.6 is 11.3 Å². The van der Waals surface area contributed by atoms with Crippen molar-refractivity contribution in [3.8, 4) is 5.75 Å². The maximum absolute atomic E-state index is 11.8. The molecule has 116 valence electrons. The number of nitrogens with zero attached hydrogens (tertiary/aromatic N) is 1. The zero-order valence-electron chi connectivity index (χ0n) is 13.3. The van der Waals surface area contributed by atoms with Gasteiger partial charge in [-0.05, 0) is 61.4 Å². The van der Waals surface area contributed by atoms with Gasteiger partial charge in [-0.2, -0.15) is 5.10 Å². The Morgan fingerprint density at radius 1 is 1.18 bits per heavy atom. The third-order valence-electron chi connectivity index (χ3n) is 3.49. The molecule has 0 saturated carbocycles. The summed E-state index contributed by atoms with van der Waals surface area (Å²) in [7, 11) is 0. The number of carbonyl (C=O) groups excluding carboxylic acids is 1. The van der Waals surface area contributed by atoms with Crippen LogP contribution in [0.2, 0.25) is 0 Å². The summed E-state index contributed by atoms with van der Waals surface area (Å²) in [5.74, 6) is 0.499. The minimum atomic E-state index is -0.272. The molecule has 0 aliphatic heterocycles. The van der Waals surface area contributed by atoms with Gasteiger partial charge in [-0.15, -0.1) is 11.3 Å². The summed E-state index contributed by atoms with van der Waals surface area (Å²) in [6.45, 7) is 7.94. The first-order chi connectivity index (χ1) is 10.5. The highest BCUT2D eigenvalue weighted by atomic mass is 32.1. The number of ether oxygens (including phenoxy) is 1. The summed E-state index contributed by atoms with van der Waals surface area (Å²) in [6, 6.07) is 6.05. The maximum atomic E-state index is 11.8. The summed E-state index contributed by atoms with van der Waals surface area (Å²) in [4.78, 5) is 12.8. The molecule has 22 heavy (non-hydrogen) atoms. The van der Waals surface area contributed by atoms with Crippen LogP contribution in [-0.4, -0.2) is 18.7 Å². The SMILES string of the molecule is Cc1ccsc1/C=N/NC(=O)COc1c(C)ccc(C)c1C. The normalized spacial score (nSPS) is 10.9. The number of rotatable bonds is 5. The number of hydrogen-bond acceptors (Lipinski definition) is 4. The molecule has 0 atom stereocenters. The fourth-order valence-corrected chi connectivity index (χ4v) is 2.78. The van der Waals surface area contributed by atoms with Gasteiger partial charge in [0.15, 0.2) is 6.61 Å². The van der Waals surface area contributed by atoms with Gasteiger partial charge in [-0.25, -0.2) is 5.43 Å². The van der Waals surface area contributed by atoms with E-state index in [1.165, 1.54) is 0 Å². The van der Waals surface area contributed by atoms with Crippen LogP contribution in [0.3, 0.4) is 0 Å². The van der Waals surface area contributed by atoms with E-state index in [0.29, 0.717) is 0 Å². The van der Waals surface area contributed by atoms with E-state index >= 15 is 0 Å². The Hall–Kier alpha value is -2.14. The zero-order valence-corrected chi connectivity index (χ0v) is 14.1. The summed E-state index contributed by atoms with van der Waals surface area (Å²) >= 11 is 1.59. The van der Waals surface area contributed by atoms with Crippen molar-refractivity contribution in [2.24, 2.45) is 5.10 Å². The van der Waals surface area contributed by atoms with E-state index in [9.17, 15) is 4.79 Å². The van der Waals surface area contributed by atoms with Crippen molar-refractivity contribution in [1.29, 1.82) is 0 Å². The molecular formula is C17H20N2O2S. The number of carbonyl (C=O) groups is 1. The van der Waals surface area contributed by atoms with Crippen molar-refractivity contribution in [2.45, 2.75) is 27.7 Å². The van der Waals surface area contributed by atoms with Gasteiger partial charge in [0, 0.05) is 4.88 Å². The Balaban J connectivity index is 1.90. The van der Waals surface area contributed by atoms with Gasteiger partial charge >= 0.3 is 0 Å². The maximum Gasteiger partial charge on any atom is 0.277 e. The first-order valence-electron chi connectivity index (χ1n) is 7.04. The summed E-state index contributed by atoms with van der Waals surface area (Å²) in [5.41, 5.74) is 6.86. The molecule has 0 unspecified atom stereocenters. The molecule has 0 aliphatic rings. The molecule has 2 rings (SSSR count). The van der Waals surface area contributed by atoms with Crippen LogP contribution in [0.1, 0.15) is 27.1 Å². The van der Waals surface area contributed by atoms with Crippen LogP contribution in [0, 0.1) is 27.7 Å². The number of thiophene rings is 1. The van der Waals surface area contributed by atoms with E-state index in [-0.39, 0.29) is 12.5 Å². The van der Waals surface area contributed by atoms with Gasteiger partial charge in [0.1, 0.15) is 5.75 Å². The fourth-order valence-electron chi connectivity index (χ4n) is 2.00. The first-order valence-corrected chi connectivity index (χ1v) is 7.92. The average molecular weight is 316 g/mol. The second kappa shape index (κ2) is 7.22. The Morgan fingerprint density at radius 3 is 2.59 bits per heavy atom. The van der Waals surface area contributed by atoms with Gasteiger partial charge < -0.3 is 4.74 Å². The minimum Gasteiger partial charge on any atom is -0.483 e. The number of aryl methyl sites for hydroxylation is 3. The van der Waals surface area contributed by atoms with Crippen LogP contribution in [-0.2, 0) is 4.79 Å². The first kappa shape index (κ1) is 16.2. The molecule has 1 heterocycles. The van der Waals surface area contributed by atoms with Gasteiger partial charge in [0.05, 0.1) is 6.21 Å².